The molecule has 1 aliphatic rings. The fourth-order valence-electron chi connectivity index (χ4n) is 2.71. The van der Waals surface area contributed by atoms with Crippen LogP contribution in [0.5, 0.6) is 0 Å². The van der Waals surface area contributed by atoms with Crippen molar-refractivity contribution in [2.75, 3.05) is 13.1 Å². The highest BCUT2D eigenvalue weighted by atomic mass is 19.3. The second kappa shape index (κ2) is 5.79. The van der Waals surface area contributed by atoms with Gasteiger partial charge in [0.25, 0.3) is 5.92 Å². The first kappa shape index (κ1) is 15.7. The van der Waals surface area contributed by atoms with E-state index in [1.54, 1.807) is 0 Å². The van der Waals surface area contributed by atoms with Crippen LogP contribution in [0.3, 0.4) is 0 Å². The fourth-order valence-corrected chi connectivity index (χ4v) is 2.71. The predicted molar refractivity (Wildman–Crippen MR) is 83.6 cm³/mol. The Morgan fingerprint density at radius 2 is 1.96 bits per heavy atom. The molecule has 2 aromatic rings. The Balaban J connectivity index is 1.61. The smallest absolute Gasteiger partial charge is 0.317 e. The van der Waals surface area contributed by atoms with Gasteiger partial charge < -0.3 is 15.2 Å². The Kier molecular flexibility index (Phi) is 3.95. The van der Waals surface area contributed by atoms with Crippen LogP contribution in [0, 0.1) is 13.8 Å². The minimum absolute atomic E-state index is 0.0807. The minimum Gasteiger partial charge on any atom is -0.340 e. The molecule has 5 nitrogen and oxygen atoms in total. The first-order valence-corrected chi connectivity index (χ1v) is 7.70. The number of nitrogens with one attached hydrogen (secondary N) is 2. The fraction of sp³-hybridized carbons (Fsp3) is 0.500. The van der Waals surface area contributed by atoms with Crippen molar-refractivity contribution in [3.05, 3.63) is 29.1 Å². The maximum Gasteiger partial charge on any atom is 0.317 e. The first-order valence-electron chi connectivity index (χ1n) is 7.70. The van der Waals surface area contributed by atoms with E-state index in [9.17, 15) is 13.6 Å². The van der Waals surface area contributed by atoms with Crippen LogP contribution in [0.4, 0.5) is 13.6 Å². The van der Waals surface area contributed by atoms with Crippen LogP contribution in [0.2, 0.25) is 0 Å². The molecular weight excluding hydrogens is 302 g/mol. The second-order valence-corrected chi connectivity index (χ2v) is 6.14. The van der Waals surface area contributed by atoms with Crippen molar-refractivity contribution in [3.63, 3.8) is 0 Å². The van der Waals surface area contributed by atoms with Crippen molar-refractivity contribution < 1.29 is 13.6 Å². The number of benzene rings is 1. The standard InChI is InChI=1S/C16H20F2N4O/c1-10-7-12-13(8-11(10)2)21-14(20-12)9-19-15(23)22-5-3-16(17,18)4-6-22/h7-8H,3-6,9H2,1-2H3,(H,19,23)(H,20,21). The van der Waals surface area contributed by atoms with Gasteiger partial charge in [-0.15, -0.1) is 0 Å². The molecule has 1 aliphatic heterocycles. The first-order chi connectivity index (χ1) is 10.8. The molecule has 124 valence electrons. The lowest BCUT2D eigenvalue weighted by molar-refractivity contribution is -0.0469. The average Bonchev–Trinajstić information content (AvgIpc) is 2.87. The molecule has 0 bridgehead atoms. The number of hydrogen-bond donors (Lipinski definition) is 2. The summed E-state index contributed by atoms with van der Waals surface area (Å²) in [5, 5.41) is 2.73. The SMILES string of the molecule is Cc1cc2nc(CNC(=O)N3CCC(F)(F)CC3)[nH]c2cc1C. The molecule has 0 radical (unpaired) electrons. The number of aryl methyl sites for hydroxylation is 2. The molecule has 0 aliphatic carbocycles. The lowest BCUT2D eigenvalue weighted by Crippen LogP contribution is -2.47. The molecule has 1 aromatic carbocycles. The van der Waals surface area contributed by atoms with Gasteiger partial charge in [0.1, 0.15) is 5.82 Å². The van der Waals surface area contributed by atoms with E-state index in [0.29, 0.717) is 5.82 Å². The number of aromatic amines is 1. The third-order valence-electron chi connectivity index (χ3n) is 4.34. The summed E-state index contributed by atoms with van der Waals surface area (Å²) in [6, 6.07) is 3.70. The Hall–Kier alpha value is -2.18. The molecule has 1 aromatic heterocycles. The van der Waals surface area contributed by atoms with Crippen LogP contribution >= 0.6 is 0 Å². The van der Waals surface area contributed by atoms with E-state index >= 15 is 0 Å². The van der Waals surface area contributed by atoms with Gasteiger partial charge in [-0.2, -0.15) is 0 Å². The number of carbonyl (C=O) groups is 1. The van der Waals surface area contributed by atoms with Crippen LogP contribution < -0.4 is 5.32 Å². The van der Waals surface area contributed by atoms with E-state index in [0.717, 1.165) is 16.6 Å². The molecule has 0 spiro atoms. The number of alkyl halides is 2. The molecule has 7 heteroatoms. The Morgan fingerprint density at radius 1 is 1.30 bits per heavy atom. The number of imidazole rings is 1. The summed E-state index contributed by atoms with van der Waals surface area (Å²) in [6.07, 6.45) is -0.548. The molecule has 23 heavy (non-hydrogen) atoms. The van der Waals surface area contributed by atoms with Crippen molar-refractivity contribution >= 4 is 17.1 Å². The quantitative estimate of drug-likeness (QED) is 0.892. The van der Waals surface area contributed by atoms with Gasteiger partial charge in [0, 0.05) is 25.9 Å². The van der Waals surface area contributed by atoms with Crippen molar-refractivity contribution in [3.8, 4) is 0 Å². The summed E-state index contributed by atoms with van der Waals surface area (Å²) >= 11 is 0. The number of rotatable bonds is 2. The number of H-pyrrole nitrogens is 1. The van der Waals surface area contributed by atoms with E-state index in [-0.39, 0.29) is 38.5 Å². The zero-order chi connectivity index (χ0) is 16.6. The molecule has 0 unspecified atom stereocenters. The summed E-state index contributed by atoms with van der Waals surface area (Å²) < 4.78 is 26.2. The average molecular weight is 322 g/mol. The number of fused-ring (bicyclic) bond motifs is 1. The molecule has 0 atom stereocenters. The van der Waals surface area contributed by atoms with Crippen molar-refractivity contribution in [1.82, 2.24) is 20.2 Å². The third kappa shape index (κ3) is 3.43. The topological polar surface area (TPSA) is 61.0 Å². The van der Waals surface area contributed by atoms with Gasteiger partial charge in [0.15, 0.2) is 0 Å². The van der Waals surface area contributed by atoms with Gasteiger partial charge in [0.2, 0.25) is 0 Å². The van der Waals surface area contributed by atoms with Crippen molar-refractivity contribution in [2.45, 2.75) is 39.2 Å². The molecule has 2 amide bonds. The summed E-state index contributed by atoms with van der Waals surface area (Å²) in [4.78, 5) is 21.1. The van der Waals surface area contributed by atoms with E-state index < -0.39 is 5.92 Å². The third-order valence-corrected chi connectivity index (χ3v) is 4.34. The number of amides is 2. The maximum absolute atomic E-state index is 13.1. The van der Waals surface area contributed by atoms with E-state index in [4.69, 9.17) is 0 Å². The van der Waals surface area contributed by atoms with Crippen molar-refractivity contribution in [1.29, 1.82) is 0 Å². The Labute approximate surface area is 133 Å². The number of nitrogens with zero attached hydrogens (tertiary/aromatic N) is 2. The van der Waals surface area contributed by atoms with Crippen LogP contribution in [0.15, 0.2) is 12.1 Å². The largest absolute Gasteiger partial charge is 0.340 e. The second-order valence-electron chi connectivity index (χ2n) is 6.14. The normalized spacial score (nSPS) is 17.5. The Morgan fingerprint density at radius 3 is 2.65 bits per heavy atom. The molecule has 1 saturated heterocycles. The molecular formula is C16H20F2N4O. The molecule has 2 heterocycles. The molecule has 0 saturated carbocycles. The summed E-state index contributed by atoms with van der Waals surface area (Å²) in [7, 11) is 0. The summed E-state index contributed by atoms with van der Waals surface area (Å²) in [5.41, 5.74) is 4.12. The Bertz CT molecular complexity index is 692. The number of aromatic nitrogens is 2. The van der Waals surface area contributed by atoms with Gasteiger partial charge in [-0.05, 0) is 37.1 Å². The molecule has 1 fully saturated rings. The maximum atomic E-state index is 13.1. The number of likely N-dealkylation sites (tertiary alicyclic amines) is 1. The summed E-state index contributed by atoms with van der Waals surface area (Å²) in [5.74, 6) is -1.99. The summed E-state index contributed by atoms with van der Waals surface area (Å²) in [6.45, 7) is 4.47. The van der Waals surface area contributed by atoms with Crippen LogP contribution in [0.1, 0.15) is 29.8 Å². The van der Waals surface area contributed by atoms with Crippen LogP contribution in [-0.4, -0.2) is 39.9 Å². The van der Waals surface area contributed by atoms with Gasteiger partial charge in [-0.3, -0.25) is 0 Å². The number of halogens is 2. The molecule has 2 N–H and O–H groups in total. The van der Waals surface area contributed by atoms with Crippen LogP contribution in [-0.2, 0) is 6.54 Å². The van der Waals surface area contributed by atoms with E-state index in [1.807, 2.05) is 26.0 Å². The predicted octanol–water partition coefficient (Wildman–Crippen LogP) is 3.12. The van der Waals surface area contributed by atoms with E-state index in [1.165, 1.54) is 10.5 Å². The number of carbonyl (C=O) groups excluding carboxylic acids is 1. The lowest BCUT2D eigenvalue weighted by Gasteiger charge is -2.31. The number of urea groups is 1. The molecule has 3 rings (SSSR count). The van der Waals surface area contributed by atoms with Crippen LogP contribution in [0.25, 0.3) is 11.0 Å². The number of piperidine rings is 1. The number of hydrogen-bond acceptors (Lipinski definition) is 2. The van der Waals surface area contributed by atoms with Crippen molar-refractivity contribution in [2.24, 2.45) is 0 Å². The zero-order valence-corrected chi connectivity index (χ0v) is 13.2. The van der Waals surface area contributed by atoms with E-state index in [2.05, 4.69) is 15.3 Å². The highest BCUT2D eigenvalue weighted by Crippen LogP contribution is 2.27. The lowest BCUT2D eigenvalue weighted by atomic mass is 10.1. The highest BCUT2D eigenvalue weighted by molar-refractivity contribution is 5.77. The monoisotopic (exact) mass is 322 g/mol. The van der Waals surface area contributed by atoms with Gasteiger partial charge in [-0.1, -0.05) is 0 Å². The zero-order valence-electron chi connectivity index (χ0n) is 13.2. The van der Waals surface area contributed by atoms with Gasteiger partial charge >= 0.3 is 6.03 Å². The minimum atomic E-state index is -2.65. The van der Waals surface area contributed by atoms with Gasteiger partial charge in [0.05, 0.1) is 17.6 Å². The van der Waals surface area contributed by atoms with Gasteiger partial charge in [-0.25, -0.2) is 18.6 Å². The highest BCUT2D eigenvalue weighted by Gasteiger charge is 2.35.